The van der Waals surface area contributed by atoms with Gasteiger partial charge in [-0.1, -0.05) is 140 Å². The van der Waals surface area contributed by atoms with Crippen LogP contribution < -0.4 is 0 Å². The molecule has 50 heavy (non-hydrogen) atoms. The topological polar surface area (TPSA) is 24.1 Å². The molecular weight excluding hydrogens is 611 g/mol. The Balaban J connectivity index is 1.21. The molecule has 7 aromatic carbocycles. The number of aromatic nitrogens is 1. The molecule has 1 fully saturated rings. The lowest BCUT2D eigenvalue weighted by molar-refractivity contribution is 0.365. The number of hydrazine groups is 1. The molecule has 4 nitrogen and oxygen atoms in total. The molecule has 1 saturated heterocycles. The molecule has 0 aliphatic carbocycles. The van der Waals surface area contributed by atoms with Crippen molar-refractivity contribution in [1.29, 1.82) is 0 Å². The molecule has 3 atom stereocenters. The largest absolute Gasteiger partial charge is 0.455 e. The summed E-state index contributed by atoms with van der Waals surface area (Å²) < 4.78 is 9.38. The second-order valence-electron chi connectivity index (χ2n) is 13.3. The molecule has 0 saturated carbocycles. The van der Waals surface area contributed by atoms with E-state index >= 15 is 0 Å². The molecule has 0 radical (unpaired) electrons. The van der Waals surface area contributed by atoms with Crippen molar-refractivity contribution in [2.75, 3.05) is 0 Å². The summed E-state index contributed by atoms with van der Waals surface area (Å²) in [5, 5.41) is 9.66. The van der Waals surface area contributed by atoms with Gasteiger partial charge in [-0.25, -0.2) is 0 Å². The Bertz CT molecular complexity index is 2780. The Morgan fingerprint density at radius 1 is 0.520 bits per heavy atom. The van der Waals surface area contributed by atoms with Gasteiger partial charge in [0, 0.05) is 27.4 Å². The van der Waals surface area contributed by atoms with E-state index in [1.807, 2.05) is 0 Å². The van der Waals surface area contributed by atoms with Gasteiger partial charge in [-0.15, -0.1) is 0 Å². The normalized spacial score (nSPS) is 18.3. The number of hydrogen-bond donors (Lipinski definition) is 0. The van der Waals surface area contributed by atoms with E-state index in [0.29, 0.717) is 0 Å². The zero-order valence-electron chi connectivity index (χ0n) is 27.1. The van der Waals surface area contributed by atoms with Gasteiger partial charge in [0.2, 0.25) is 0 Å². The van der Waals surface area contributed by atoms with Gasteiger partial charge in [0.05, 0.1) is 28.2 Å². The first kappa shape index (κ1) is 27.6. The summed E-state index contributed by atoms with van der Waals surface area (Å²) >= 11 is 0. The van der Waals surface area contributed by atoms with Crippen LogP contribution in [-0.4, -0.2) is 14.6 Å². The van der Waals surface area contributed by atoms with Crippen LogP contribution in [0.5, 0.6) is 0 Å². The van der Waals surface area contributed by atoms with Crippen molar-refractivity contribution >= 4 is 49.4 Å². The average Bonchev–Trinajstić information content (AvgIpc) is 3.43. The van der Waals surface area contributed by atoms with Gasteiger partial charge in [-0.3, -0.25) is 5.01 Å². The molecule has 3 unspecified atom stereocenters. The number of para-hydroxylation sites is 2. The fourth-order valence-electron chi connectivity index (χ4n) is 8.31. The maximum atomic E-state index is 6.93. The van der Waals surface area contributed by atoms with Crippen molar-refractivity contribution in [2.45, 2.75) is 12.2 Å². The molecular formula is C46H31N3O. The third-order valence-corrected chi connectivity index (χ3v) is 10.5. The molecule has 2 aromatic heterocycles. The number of benzene rings is 7. The zero-order chi connectivity index (χ0) is 32.8. The molecule has 4 heteroatoms. The predicted molar refractivity (Wildman–Crippen MR) is 204 cm³/mol. The van der Waals surface area contributed by atoms with Crippen molar-refractivity contribution in [2.24, 2.45) is 0 Å². The van der Waals surface area contributed by atoms with E-state index < -0.39 is 0 Å². The highest BCUT2D eigenvalue weighted by atomic mass is 16.3. The summed E-state index contributed by atoms with van der Waals surface area (Å²) in [7, 11) is 0. The molecule has 0 bridgehead atoms. The lowest BCUT2D eigenvalue weighted by Crippen LogP contribution is -2.06. The van der Waals surface area contributed by atoms with Crippen molar-refractivity contribution in [3.05, 3.63) is 193 Å². The minimum Gasteiger partial charge on any atom is -0.455 e. The Kier molecular flexibility index (Phi) is 5.83. The van der Waals surface area contributed by atoms with E-state index in [-0.39, 0.29) is 12.2 Å². The minimum atomic E-state index is 0.119. The van der Waals surface area contributed by atoms with E-state index in [4.69, 9.17) is 4.42 Å². The van der Waals surface area contributed by atoms with Crippen molar-refractivity contribution < 1.29 is 4.42 Å². The maximum absolute atomic E-state index is 6.93. The molecule has 2 aliphatic heterocycles. The van der Waals surface area contributed by atoms with Crippen LogP contribution in [-0.2, 0) is 0 Å². The minimum absolute atomic E-state index is 0.119. The quantitative estimate of drug-likeness (QED) is 0.175. The molecule has 2 aliphatic rings. The fourth-order valence-corrected chi connectivity index (χ4v) is 8.31. The van der Waals surface area contributed by atoms with Crippen LogP contribution in [0.15, 0.2) is 180 Å². The molecule has 4 heterocycles. The van der Waals surface area contributed by atoms with Crippen molar-refractivity contribution in [3.63, 3.8) is 0 Å². The van der Waals surface area contributed by atoms with Gasteiger partial charge in [0.25, 0.3) is 0 Å². The molecule has 0 amide bonds. The van der Waals surface area contributed by atoms with Crippen LogP contribution >= 0.6 is 0 Å². The first-order chi connectivity index (χ1) is 24.8. The number of furan rings is 1. The second kappa shape index (κ2) is 10.6. The Morgan fingerprint density at radius 3 is 1.98 bits per heavy atom. The molecule has 0 N–H and O–H groups in total. The van der Waals surface area contributed by atoms with Gasteiger partial charge in [0.15, 0.2) is 0 Å². The van der Waals surface area contributed by atoms with Crippen LogP contribution in [0.3, 0.4) is 0 Å². The molecule has 0 spiro atoms. The summed E-state index contributed by atoms with van der Waals surface area (Å²) in [6.45, 7) is 0. The SMILES string of the molecule is C1=C(c2cc3c4ccccc4n(-c4cccc(-c5ccccc5)c4)c3c3c2oc2ccccc23)N2C(c3ccccc3)N2C1c1ccccc1. The number of rotatable bonds is 5. The molecule has 236 valence electrons. The summed E-state index contributed by atoms with van der Waals surface area (Å²) in [4.78, 5) is 0. The third kappa shape index (κ3) is 3.97. The average molecular weight is 642 g/mol. The summed E-state index contributed by atoms with van der Waals surface area (Å²) in [6, 6.07) is 61.0. The lowest BCUT2D eigenvalue weighted by Gasteiger charge is -2.13. The van der Waals surface area contributed by atoms with Crippen molar-refractivity contribution in [3.8, 4) is 16.8 Å². The van der Waals surface area contributed by atoms with E-state index in [2.05, 4.69) is 191 Å². The fraction of sp³-hybridized carbons (Fsp3) is 0.0435. The first-order valence-electron chi connectivity index (χ1n) is 17.3. The highest BCUT2D eigenvalue weighted by Crippen LogP contribution is 2.59. The van der Waals surface area contributed by atoms with Crippen LogP contribution in [0.2, 0.25) is 0 Å². The Morgan fingerprint density at radius 2 is 1.18 bits per heavy atom. The Hall–Kier alpha value is -6.36. The standard InChI is InChI=1S/C46H31N3O/c1-4-15-30(16-5-1)33-21-14-22-34(27-33)47-39-25-12-10-23-35(39)37-28-38(45-43(44(37)47)36-24-11-13-26-42(36)50-45)41-29-40(31-17-6-2-7-18-31)48-46(49(41)48)32-19-8-3-9-20-32/h1-29,40,46H. The molecule has 9 aromatic rings. The second-order valence-corrected chi connectivity index (χ2v) is 13.3. The van der Waals surface area contributed by atoms with Gasteiger partial charge < -0.3 is 8.98 Å². The van der Waals surface area contributed by atoms with Crippen LogP contribution in [0.25, 0.3) is 66.3 Å². The highest BCUT2D eigenvalue weighted by molar-refractivity contribution is 6.26. The smallest absolute Gasteiger partial charge is 0.146 e. The van der Waals surface area contributed by atoms with E-state index in [1.165, 1.54) is 49.8 Å². The summed E-state index contributed by atoms with van der Waals surface area (Å²) in [5.74, 6) is 0. The summed E-state index contributed by atoms with van der Waals surface area (Å²) in [5.41, 5.74) is 12.5. The van der Waals surface area contributed by atoms with E-state index in [1.54, 1.807) is 0 Å². The summed E-state index contributed by atoms with van der Waals surface area (Å²) in [6.07, 6.45) is 2.57. The lowest BCUT2D eigenvalue weighted by atomic mass is 9.98. The van der Waals surface area contributed by atoms with Crippen LogP contribution in [0, 0.1) is 0 Å². The van der Waals surface area contributed by atoms with Crippen LogP contribution in [0.4, 0.5) is 0 Å². The Labute approximate surface area is 289 Å². The monoisotopic (exact) mass is 641 g/mol. The highest BCUT2D eigenvalue weighted by Gasteiger charge is 2.56. The first-order valence-corrected chi connectivity index (χ1v) is 17.3. The van der Waals surface area contributed by atoms with E-state index in [9.17, 15) is 0 Å². The van der Waals surface area contributed by atoms with Gasteiger partial charge in [0.1, 0.15) is 17.3 Å². The number of nitrogens with zero attached hydrogens (tertiary/aromatic N) is 3. The van der Waals surface area contributed by atoms with Crippen LogP contribution in [0.1, 0.15) is 28.9 Å². The number of hydrogen-bond acceptors (Lipinski definition) is 3. The predicted octanol–water partition coefficient (Wildman–Crippen LogP) is 11.7. The van der Waals surface area contributed by atoms with Gasteiger partial charge in [-0.2, -0.15) is 5.01 Å². The number of fused-ring (bicyclic) bond motifs is 8. The zero-order valence-corrected chi connectivity index (χ0v) is 27.1. The van der Waals surface area contributed by atoms with Gasteiger partial charge in [-0.05, 0) is 58.7 Å². The van der Waals surface area contributed by atoms with Crippen molar-refractivity contribution in [1.82, 2.24) is 14.6 Å². The molecule has 11 rings (SSSR count). The van der Waals surface area contributed by atoms with Gasteiger partial charge >= 0.3 is 0 Å². The van der Waals surface area contributed by atoms with E-state index in [0.717, 1.165) is 33.2 Å². The third-order valence-electron chi connectivity index (χ3n) is 10.5. The maximum Gasteiger partial charge on any atom is 0.146 e.